The molecule has 3 rings (SSSR count). The lowest BCUT2D eigenvalue weighted by Gasteiger charge is -2.16. The second-order valence-corrected chi connectivity index (χ2v) is 7.66. The molecule has 0 spiro atoms. The lowest BCUT2D eigenvalue weighted by Crippen LogP contribution is -2.20. The molecule has 1 heterocycles. The Bertz CT molecular complexity index is 1060. The van der Waals surface area contributed by atoms with Crippen LogP contribution in [0.1, 0.15) is 29.2 Å². The first-order valence-corrected chi connectivity index (χ1v) is 10.2. The molecule has 0 bridgehead atoms. The number of aliphatic imine (C=N–C) groups is 1. The van der Waals surface area contributed by atoms with Crippen LogP contribution >= 0.6 is 0 Å². The van der Waals surface area contributed by atoms with Crippen molar-refractivity contribution in [3.05, 3.63) is 64.9 Å². The zero-order valence-electron chi connectivity index (χ0n) is 17.4. The van der Waals surface area contributed by atoms with Crippen LogP contribution in [0.2, 0.25) is 0 Å². The number of hydrogen-bond acceptors (Lipinski definition) is 4. The largest absolute Gasteiger partial charge is 0.464 e. The Kier molecular flexibility index (Phi) is 6.77. The van der Waals surface area contributed by atoms with E-state index in [-0.39, 0.29) is 11.1 Å². The van der Waals surface area contributed by atoms with E-state index in [2.05, 4.69) is 49.5 Å². The Morgan fingerprint density at radius 3 is 2.72 bits per heavy atom. The quantitative estimate of drug-likeness (QED) is 0.374. The van der Waals surface area contributed by atoms with E-state index in [0.717, 1.165) is 41.8 Å². The zero-order chi connectivity index (χ0) is 21.0. The molecule has 29 heavy (non-hydrogen) atoms. The van der Waals surface area contributed by atoms with Gasteiger partial charge in [-0.1, -0.05) is 13.0 Å². The summed E-state index contributed by atoms with van der Waals surface area (Å²) in [6, 6.07) is 11.6. The van der Waals surface area contributed by atoms with Gasteiger partial charge < -0.3 is 14.1 Å². The van der Waals surface area contributed by atoms with Gasteiger partial charge in [0.1, 0.15) is 11.3 Å². The average molecular weight is 411 g/mol. The van der Waals surface area contributed by atoms with Gasteiger partial charge in [-0.05, 0) is 80.9 Å². The molecule has 1 aromatic heterocycles. The Balaban J connectivity index is 1.72. The number of hydrogen-bond donors (Lipinski definition) is 1. The molecule has 1 N–H and O–H groups in total. The van der Waals surface area contributed by atoms with Gasteiger partial charge in [0.05, 0.1) is 18.9 Å². The highest BCUT2D eigenvalue weighted by Gasteiger charge is 2.12. The maximum absolute atomic E-state index is 8.26. The first kappa shape index (κ1) is 21.1. The molecule has 2 aromatic carbocycles. The van der Waals surface area contributed by atoms with Crippen LogP contribution in [0, 0.1) is 19.3 Å². The van der Waals surface area contributed by atoms with E-state index in [4.69, 9.17) is 14.6 Å². The highest BCUT2D eigenvalue weighted by molar-refractivity contribution is 7.77. The summed E-state index contributed by atoms with van der Waals surface area (Å²) in [6.45, 7) is 8.36. The smallest absolute Gasteiger partial charge is 0.414 e. The van der Waals surface area contributed by atoms with Crippen molar-refractivity contribution in [2.24, 2.45) is 4.99 Å². The fourth-order valence-electron chi connectivity index (χ4n) is 3.11. The number of likely N-dealkylation sites (N-methyl/N-ethyl adjacent to an activating group) is 1. The SMILES string of the molecule is CCN(C)CCc1cc(C)c(OC([SH2+])=NC(=N)c2ccc3occc3c2)cc1C. The topological polar surface area (TPSA) is 61.8 Å². The van der Waals surface area contributed by atoms with E-state index in [0.29, 0.717) is 5.56 Å². The highest BCUT2D eigenvalue weighted by Crippen LogP contribution is 2.24. The Labute approximate surface area is 177 Å². The number of nitrogens with zero attached hydrogens (tertiary/aromatic N) is 2. The molecule has 6 heteroatoms. The number of aryl methyl sites for hydroxylation is 2. The summed E-state index contributed by atoms with van der Waals surface area (Å²) in [6.07, 6.45) is 2.64. The fourth-order valence-corrected chi connectivity index (χ4v) is 3.33. The van der Waals surface area contributed by atoms with Crippen LogP contribution in [-0.2, 0) is 19.0 Å². The van der Waals surface area contributed by atoms with Gasteiger partial charge in [-0.25, -0.2) is 0 Å². The van der Waals surface area contributed by atoms with Crippen LogP contribution < -0.4 is 4.74 Å². The highest BCUT2D eigenvalue weighted by atomic mass is 32.1. The summed E-state index contributed by atoms with van der Waals surface area (Å²) in [4.78, 5) is 6.55. The third kappa shape index (κ3) is 5.28. The maximum Gasteiger partial charge on any atom is 0.414 e. The van der Waals surface area contributed by atoms with Crippen LogP contribution in [0.3, 0.4) is 0 Å². The van der Waals surface area contributed by atoms with Crippen molar-refractivity contribution in [2.75, 3.05) is 20.1 Å². The van der Waals surface area contributed by atoms with E-state index >= 15 is 0 Å². The first-order valence-electron chi connectivity index (χ1n) is 9.70. The van der Waals surface area contributed by atoms with Gasteiger partial charge in [-0.3, -0.25) is 5.41 Å². The number of fused-ring (bicyclic) bond motifs is 1. The number of nitrogens with one attached hydrogen (secondary N) is 1. The Hall–Kier alpha value is -2.57. The van der Waals surface area contributed by atoms with Gasteiger partial charge in [0.25, 0.3) is 0 Å². The standard InChI is InChI=1S/C23H27N3O2S/c1-5-26(4)10-8-17-12-16(3)21(13-15(17)2)28-23(29)25-22(24)19-6-7-20-18(14-19)9-11-27-20/h6-7,9,11-14H,5,8,10H2,1-4H3,(H2,24,25,29)/p+1. The molecule has 5 nitrogen and oxygen atoms in total. The molecule has 0 aliphatic carbocycles. The maximum atomic E-state index is 8.26. The zero-order valence-corrected chi connectivity index (χ0v) is 18.4. The van der Waals surface area contributed by atoms with Gasteiger partial charge in [0.2, 0.25) is 0 Å². The minimum absolute atomic E-state index is 0.117. The number of furan rings is 1. The van der Waals surface area contributed by atoms with Crippen molar-refractivity contribution in [1.29, 1.82) is 5.41 Å². The molecule has 0 saturated carbocycles. The van der Waals surface area contributed by atoms with Gasteiger partial charge in [-0.15, -0.1) is 4.99 Å². The molecule has 0 aliphatic heterocycles. The number of rotatable bonds is 6. The molecule has 0 saturated heterocycles. The number of amidine groups is 1. The van der Waals surface area contributed by atoms with Crippen LogP contribution in [0.15, 0.2) is 52.1 Å². The molecule has 0 fully saturated rings. The molecule has 0 amide bonds. The molecular formula is C23H28N3O2S+. The summed E-state index contributed by atoms with van der Waals surface area (Å²) in [5, 5.41) is 9.46. The van der Waals surface area contributed by atoms with Crippen molar-refractivity contribution >= 4 is 34.7 Å². The molecule has 0 atom stereocenters. The Morgan fingerprint density at radius 2 is 1.97 bits per heavy atom. The van der Waals surface area contributed by atoms with Gasteiger partial charge in [0, 0.05) is 17.5 Å². The van der Waals surface area contributed by atoms with E-state index in [1.165, 1.54) is 11.1 Å². The monoisotopic (exact) mass is 410 g/mol. The van der Waals surface area contributed by atoms with Crippen molar-refractivity contribution in [1.82, 2.24) is 4.90 Å². The second kappa shape index (κ2) is 9.29. The lowest BCUT2D eigenvalue weighted by molar-refractivity contribution is 0.357. The molecule has 3 aromatic rings. The summed E-state index contributed by atoms with van der Waals surface area (Å²) < 4.78 is 11.2. The van der Waals surface area contributed by atoms with E-state index in [9.17, 15) is 0 Å². The van der Waals surface area contributed by atoms with Crippen molar-refractivity contribution in [3.63, 3.8) is 0 Å². The summed E-state index contributed by atoms with van der Waals surface area (Å²) >= 11 is 3.41. The molecular weight excluding hydrogens is 382 g/mol. The summed E-state index contributed by atoms with van der Waals surface area (Å²) in [7, 11) is 2.13. The van der Waals surface area contributed by atoms with Gasteiger partial charge in [-0.2, -0.15) is 0 Å². The van der Waals surface area contributed by atoms with Crippen molar-refractivity contribution in [2.45, 2.75) is 27.2 Å². The minimum Gasteiger partial charge on any atom is -0.464 e. The predicted molar refractivity (Wildman–Crippen MR) is 124 cm³/mol. The molecule has 0 aliphatic rings. The van der Waals surface area contributed by atoms with Crippen LogP contribution in [0.25, 0.3) is 11.0 Å². The van der Waals surface area contributed by atoms with E-state index in [1.54, 1.807) is 6.26 Å². The van der Waals surface area contributed by atoms with Crippen LogP contribution in [0.5, 0.6) is 5.75 Å². The first-order chi connectivity index (χ1) is 13.9. The third-order valence-electron chi connectivity index (χ3n) is 5.08. The fraction of sp³-hybridized carbons (Fsp3) is 0.304. The number of ether oxygens (including phenoxy) is 1. The Morgan fingerprint density at radius 1 is 1.17 bits per heavy atom. The second-order valence-electron chi connectivity index (χ2n) is 7.23. The normalized spacial score (nSPS) is 12.0. The molecule has 0 radical (unpaired) electrons. The average Bonchev–Trinajstić information content (AvgIpc) is 3.16. The molecule has 152 valence electrons. The van der Waals surface area contributed by atoms with Crippen LogP contribution in [-0.4, -0.2) is 36.1 Å². The van der Waals surface area contributed by atoms with Crippen molar-refractivity contribution < 1.29 is 9.15 Å². The lowest BCUT2D eigenvalue weighted by atomic mass is 10.0. The summed E-state index contributed by atoms with van der Waals surface area (Å²) in [5.41, 5.74) is 5.04. The van der Waals surface area contributed by atoms with E-state index in [1.807, 2.05) is 37.3 Å². The van der Waals surface area contributed by atoms with E-state index < -0.39 is 0 Å². The van der Waals surface area contributed by atoms with Crippen LogP contribution in [0.4, 0.5) is 0 Å². The minimum atomic E-state index is 0.117. The molecule has 0 unspecified atom stereocenters. The predicted octanol–water partition coefficient (Wildman–Crippen LogP) is 4.32. The number of benzene rings is 2. The third-order valence-corrected chi connectivity index (χ3v) is 5.30. The summed E-state index contributed by atoms with van der Waals surface area (Å²) in [5.74, 6) is 0.855. The van der Waals surface area contributed by atoms with Gasteiger partial charge in [0.15, 0.2) is 5.84 Å². The van der Waals surface area contributed by atoms with Crippen molar-refractivity contribution in [3.8, 4) is 5.75 Å². The van der Waals surface area contributed by atoms with Gasteiger partial charge >= 0.3 is 5.23 Å².